The summed E-state index contributed by atoms with van der Waals surface area (Å²) in [5.74, 6) is -0.681. The van der Waals surface area contributed by atoms with Crippen LogP contribution in [0, 0.1) is 11.7 Å². The predicted molar refractivity (Wildman–Crippen MR) is 60.5 cm³/mol. The summed E-state index contributed by atoms with van der Waals surface area (Å²) in [6.07, 6.45) is -2.89. The molecule has 0 aliphatic carbocycles. The highest BCUT2D eigenvalue weighted by Gasteiger charge is 2.34. The van der Waals surface area contributed by atoms with Crippen molar-refractivity contribution in [3.8, 4) is 0 Å². The Morgan fingerprint density at radius 3 is 2.50 bits per heavy atom. The van der Waals surface area contributed by atoms with Crippen molar-refractivity contribution >= 4 is 0 Å². The number of alkyl halides is 3. The second-order valence-electron chi connectivity index (χ2n) is 4.88. The van der Waals surface area contributed by atoms with Gasteiger partial charge in [-0.15, -0.1) is 0 Å². The topological polar surface area (TPSA) is 12.0 Å². The van der Waals surface area contributed by atoms with E-state index in [1.807, 2.05) is 0 Å². The number of nitrogens with one attached hydrogen (secondary N) is 1. The molecule has 2 unspecified atom stereocenters. The zero-order valence-corrected chi connectivity index (χ0v) is 10.0. The smallest absolute Gasteiger partial charge is 0.310 e. The van der Waals surface area contributed by atoms with Crippen LogP contribution in [0.4, 0.5) is 17.6 Å². The van der Waals surface area contributed by atoms with Gasteiger partial charge in [0, 0.05) is 6.04 Å². The Kier molecular flexibility index (Phi) is 3.61. The van der Waals surface area contributed by atoms with Gasteiger partial charge in [-0.05, 0) is 43.0 Å². The van der Waals surface area contributed by atoms with Crippen molar-refractivity contribution in [2.45, 2.75) is 32.0 Å². The second kappa shape index (κ2) is 4.88. The molecule has 18 heavy (non-hydrogen) atoms. The summed E-state index contributed by atoms with van der Waals surface area (Å²) < 4.78 is 50.9. The minimum atomic E-state index is -4.64. The van der Waals surface area contributed by atoms with Crippen molar-refractivity contribution in [3.63, 3.8) is 0 Å². The van der Waals surface area contributed by atoms with Crippen molar-refractivity contribution in [2.75, 3.05) is 6.54 Å². The Morgan fingerprint density at radius 2 is 1.94 bits per heavy atom. The van der Waals surface area contributed by atoms with Crippen LogP contribution in [0.5, 0.6) is 0 Å². The Bertz CT molecular complexity index is 419. The number of piperidine rings is 1. The molecular weight excluding hydrogens is 246 g/mol. The van der Waals surface area contributed by atoms with Crippen molar-refractivity contribution in [1.82, 2.24) is 5.32 Å². The summed E-state index contributed by atoms with van der Waals surface area (Å²) in [6.45, 7) is 2.87. The molecule has 0 saturated carbocycles. The van der Waals surface area contributed by atoms with E-state index < -0.39 is 17.6 Å². The molecule has 0 bridgehead atoms. The van der Waals surface area contributed by atoms with Crippen molar-refractivity contribution in [3.05, 3.63) is 35.1 Å². The van der Waals surface area contributed by atoms with Crippen LogP contribution in [0.3, 0.4) is 0 Å². The maximum atomic E-state index is 13.2. The Hall–Kier alpha value is -1.10. The van der Waals surface area contributed by atoms with Crippen LogP contribution in [0.2, 0.25) is 0 Å². The van der Waals surface area contributed by atoms with Crippen molar-refractivity contribution in [2.24, 2.45) is 5.92 Å². The average Bonchev–Trinajstić information content (AvgIpc) is 2.29. The van der Waals surface area contributed by atoms with E-state index in [9.17, 15) is 17.6 Å². The molecule has 1 saturated heterocycles. The van der Waals surface area contributed by atoms with E-state index in [4.69, 9.17) is 0 Å². The summed E-state index contributed by atoms with van der Waals surface area (Å²) in [5.41, 5.74) is -0.670. The molecule has 1 N–H and O–H groups in total. The Morgan fingerprint density at radius 1 is 1.22 bits per heavy atom. The number of benzene rings is 1. The van der Waals surface area contributed by atoms with Gasteiger partial charge in [0.05, 0.1) is 5.56 Å². The van der Waals surface area contributed by atoms with E-state index >= 15 is 0 Å². The lowest BCUT2D eigenvalue weighted by Crippen LogP contribution is -2.32. The van der Waals surface area contributed by atoms with Crippen molar-refractivity contribution in [1.29, 1.82) is 0 Å². The number of rotatable bonds is 1. The van der Waals surface area contributed by atoms with Crippen LogP contribution < -0.4 is 5.32 Å². The van der Waals surface area contributed by atoms with Crippen LogP contribution >= 0.6 is 0 Å². The lowest BCUT2D eigenvalue weighted by Gasteiger charge is -2.28. The third kappa shape index (κ3) is 2.83. The quantitative estimate of drug-likeness (QED) is 0.756. The van der Waals surface area contributed by atoms with Crippen LogP contribution in [-0.2, 0) is 6.18 Å². The third-order valence-electron chi connectivity index (χ3n) is 3.36. The van der Waals surface area contributed by atoms with Gasteiger partial charge in [0.2, 0.25) is 0 Å². The number of hydrogen-bond donors (Lipinski definition) is 1. The maximum Gasteiger partial charge on any atom is 0.419 e. The van der Waals surface area contributed by atoms with E-state index in [2.05, 4.69) is 12.2 Å². The van der Waals surface area contributed by atoms with Crippen LogP contribution in [0.15, 0.2) is 18.2 Å². The first-order valence-electron chi connectivity index (χ1n) is 5.98. The largest absolute Gasteiger partial charge is 0.419 e. The summed E-state index contributed by atoms with van der Waals surface area (Å²) in [7, 11) is 0. The van der Waals surface area contributed by atoms with Crippen LogP contribution in [-0.4, -0.2) is 6.54 Å². The summed E-state index contributed by atoms with van der Waals surface area (Å²) in [5, 5.41) is 3.19. The highest BCUT2D eigenvalue weighted by atomic mass is 19.4. The first kappa shape index (κ1) is 13.3. The van der Waals surface area contributed by atoms with E-state index in [0.29, 0.717) is 11.5 Å². The highest BCUT2D eigenvalue weighted by Crippen LogP contribution is 2.34. The molecule has 0 radical (unpaired) electrons. The number of hydrogen-bond acceptors (Lipinski definition) is 1. The molecule has 2 rings (SSSR count). The molecule has 1 fully saturated rings. The molecule has 0 amide bonds. The second-order valence-corrected chi connectivity index (χ2v) is 4.88. The first-order valence-corrected chi connectivity index (χ1v) is 5.98. The Balaban J connectivity index is 2.24. The molecule has 1 aromatic rings. The zero-order chi connectivity index (χ0) is 13.3. The molecule has 1 nitrogen and oxygen atoms in total. The SMILES string of the molecule is CC1CCC(c2ccc(F)c(C(F)(F)F)c2)NC1. The summed E-state index contributed by atoms with van der Waals surface area (Å²) >= 11 is 0. The lowest BCUT2D eigenvalue weighted by molar-refractivity contribution is -0.140. The van der Waals surface area contributed by atoms with Crippen molar-refractivity contribution < 1.29 is 17.6 Å². The summed E-state index contributed by atoms with van der Waals surface area (Å²) in [4.78, 5) is 0. The minimum Gasteiger partial charge on any atom is -0.310 e. The molecule has 1 aliphatic rings. The fourth-order valence-corrected chi connectivity index (χ4v) is 2.26. The van der Waals surface area contributed by atoms with Gasteiger partial charge in [-0.2, -0.15) is 13.2 Å². The minimum absolute atomic E-state index is 0.108. The highest BCUT2D eigenvalue weighted by molar-refractivity contribution is 5.29. The molecule has 1 heterocycles. The molecule has 2 atom stereocenters. The van der Waals surface area contributed by atoms with Gasteiger partial charge < -0.3 is 5.32 Å². The van der Waals surface area contributed by atoms with Gasteiger partial charge in [-0.25, -0.2) is 4.39 Å². The summed E-state index contributed by atoms with van der Waals surface area (Å²) in [6, 6.07) is 3.14. The third-order valence-corrected chi connectivity index (χ3v) is 3.36. The molecular formula is C13H15F4N. The van der Waals surface area contributed by atoms with E-state index in [0.717, 1.165) is 31.5 Å². The van der Waals surface area contributed by atoms with Gasteiger partial charge >= 0.3 is 6.18 Å². The predicted octanol–water partition coefficient (Wildman–Crippen LogP) is 3.91. The number of halogens is 4. The molecule has 1 aliphatic heterocycles. The zero-order valence-electron chi connectivity index (χ0n) is 10.0. The maximum absolute atomic E-state index is 13.2. The standard InChI is InChI=1S/C13H15F4N/c1-8-2-5-12(18-7-8)9-3-4-11(14)10(6-9)13(15,16)17/h3-4,6,8,12,18H,2,5,7H2,1H3. The van der Waals surface area contributed by atoms with Gasteiger partial charge in [0.25, 0.3) is 0 Å². The van der Waals surface area contributed by atoms with E-state index in [1.165, 1.54) is 6.07 Å². The van der Waals surface area contributed by atoms with Gasteiger partial charge in [-0.3, -0.25) is 0 Å². The lowest BCUT2D eigenvalue weighted by atomic mass is 9.91. The monoisotopic (exact) mass is 261 g/mol. The van der Waals surface area contributed by atoms with Gasteiger partial charge in [-0.1, -0.05) is 13.0 Å². The molecule has 0 aromatic heterocycles. The Labute approximate surface area is 103 Å². The normalized spacial score (nSPS) is 25.2. The van der Waals surface area contributed by atoms with Gasteiger partial charge in [0.15, 0.2) is 0 Å². The van der Waals surface area contributed by atoms with Gasteiger partial charge in [0.1, 0.15) is 5.82 Å². The first-order chi connectivity index (χ1) is 8.38. The fourth-order valence-electron chi connectivity index (χ4n) is 2.26. The average molecular weight is 261 g/mol. The van der Waals surface area contributed by atoms with Crippen LogP contribution in [0.25, 0.3) is 0 Å². The molecule has 100 valence electrons. The van der Waals surface area contributed by atoms with E-state index in [-0.39, 0.29) is 6.04 Å². The van der Waals surface area contributed by atoms with Crippen LogP contribution in [0.1, 0.15) is 36.9 Å². The van der Waals surface area contributed by atoms with E-state index in [1.54, 1.807) is 0 Å². The molecule has 0 spiro atoms. The fraction of sp³-hybridized carbons (Fsp3) is 0.538. The molecule has 5 heteroatoms. The molecule has 1 aromatic carbocycles.